The van der Waals surface area contributed by atoms with Gasteiger partial charge in [-0.25, -0.2) is 0 Å². The molecule has 0 aromatic carbocycles. The quantitative estimate of drug-likeness (QED) is 0.541. The monoisotopic (exact) mass is 227 g/mol. The summed E-state index contributed by atoms with van der Waals surface area (Å²) in [5, 5.41) is 8.70. The summed E-state index contributed by atoms with van der Waals surface area (Å²) in [5.41, 5.74) is 0. The molecular formula is C10H17N3O3. The first-order valence-electron chi connectivity index (χ1n) is 5.64. The zero-order valence-corrected chi connectivity index (χ0v) is 9.12. The van der Waals surface area contributed by atoms with Crippen molar-refractivity contribution >= 4 is 11.8 Å². The van der Waals surface area contributed by atoms with Gasteiger partial charge in [-0.05, 0) is 6.42 Å². The lowest BCUT2D eigenvalue weighted by Gasteiger charge is -2.23. The van der Waals surface area contributed by atoms with E-state index in [2.05, 4.69) is 16.0 Å². The van der Waals surface area contributed by atoms with Gasteiger partial charge in [-0.15, -0.1) is 0 Å². The third-order valence-corrected chi connectivity index (χ3v) is 2.85. The van der Waals surface area contributed by atoms with Gasteiger partial charge in [-0.1, -0.05) is 0 Å². The highest BCUT2D eigenvalue weighted by Crippen LogP contribution is 2.05. The maximum absolute atomic E-state index is 11.7. The molecule has 16 heavy (non-hydrogen) atoms. The molecule has 6 nitrogen and oxygen atoms in total. The van der Waals surface area contributed by atoms with Crippen molar-refractivity contribution in [3.8, 4) is 0 Å². The standard InChI is InChI=1S/C10H17N3O3/c14-9-2-1-7(13-9)5-12-10(15)8-6-16-4-3-11-8/h7-8,11H,1-6H2,(H,12,15)(H,13,14). The predicted molar refractivity (Wildman–Crippen MR) is 56.8 cm³/mol. The normalized spacial score (nSPS) is 29.9. The molecule has 2 unspecified atom stereocenters. The zero-order valence-electron chi connectivity index (χ0n) is 9.12. The first kappa shape index (κ1) is 11.3. The van der Waals surface area contributed by atoms with Crippen molar-refractivity contribution in [2.45, 2.75) is 24.9 Å². The van der Waals surface area contributed by atoms with Crippen molar-refractivity contribution in [2.24, 2.45) is 0 Å². The maximum atomic E-state index is 11.7. The number of morpholine rings is 1. The average Bonchev–Trinajstić information content (AvgIpc) is 2.73. The molecule has 90 valence electrons. The fraction of sp³-hybridized carbons (Fsp3) is 0.800. The van der Waals surface area contributed by atoms with E-state index in [0.29, 0.717) is 32.7 Å². The molecule has 2 aliphatic heterocycles. The summed E-state index contributed by atoms with van der Waals surface area (Å²) in [6, 6.07) is -0.174. The largest absolute Gasteiger partial charge is 0.378 e. The van der Waals surface area contributed by atoms with Crippen molar-refractivity contribution in [1.29, 1.82) is 0 Å². The lowest BCUT2D eigenvalue weighted by Crippen LogP contribution is -2.52. The highest BCUT2D eigenvalue weighted by atomic mass is 16.5. The van der Waals surface area contributed by atoms with Crippen molar-refractivity contribution < 1.29 is 14.3 Å². The second-order valence-electron chi connectivity index (χ2n) is 4.13. The minimum absolute atomic E-state index is 0.0548. The summed E-state index contributed by atoms with van der Waals surface area (Å²) in [7, 11) is 0. The van der Waals surface area contributed by atoms with Crippen molar-refractivity contribution in [3.63, 3.8) is 0 Å². The fourth-order valence-electron chi connectivity index (χ4n) is 1.91. The number of hydrogen-bond acceptors (Lipinski definition) is 4. The van der Waals surface area contributed by atoms with E-state index in [1.807, 2.05) is 0 Å². The van der Waals surface area contributed by atoms with E-state index in [4.69, 9.17) is 4.74 Å². The van der Waals surface area contributed by atoms with E-state index in [0.717, 1.165) is 6.42 Å². The van der Waals surface area contributed by atoms with Crippen LogP contribution in [0.15, 0.2) is 0 Å². The molecule has 0 aliphatic carbocycles. The van der Waals surface area contributed by atoms with Crippen LogP contribution < -0.4 is 16.0 Å². The molecular weight excluding hydrogens is 210 g/mol. The Morgan fingerprint density at radius 1 is 1.56 bits per heavy atom. The number of nitrogens with one attached hydrogen (secondary N) is 3. The summed E-state index contributed by atoms with van der Waals surface area (Å²) in [4.78, 5) is 22.6. The van der Waals surface area contributed by atoms with E-state index in [1.54, 1.807) is 0 Å². The first-order chi connectivity index (χ1) is 7.75. The molecule has 0 saturated carbocycles. The van der Waals surface area contributed by atoms with Crippen LogP contribution in [0.4, 0.5) is 0 Å². The Balaban J connectivity index is 1.68. The van der Waals surface area contributed by atoms with Gasteiger partial charge >= 0.3 is 0 Å². The molecule has 0 aromatic rings. The Morgan fingerprint density at radius 3 is 3.06 bits per heavy atom. The molecule has 2 fully saturated rings. The lowest BCUT2D eigenvalue weighted by atomic mass is 10.2. The van der Waals surface area contributed by atoms with Crippen LogP contribution in [-0.4, -0.2) is 50.2 Å². The van der Waals surface area contributed by atoms with E-state index in [-0.39, 0.29) is 23.9 Å². The highest BCUT2D eigenvalue weighted by molar-refractivity contribution is 5.82. The van der Waals surface area contributed by atoms with Crippen molar-refractivity contribution in [2.75, 3.05) is 26.3 Å². The van der Waals surface area contributed by atoms with Gasteiger partial charge in [0, 0.05) is 25.6 Å². The Labute approximate surface area is 94.1 Å². The minimum atomic E-state index is -0.258. The van der Waals surface area contributed by atoms with Crippen LogP contribution in [-0.2, 0) is 14.3 Å². The van der Waals surface area contributed by atoms with Crippen LogP contribution in [0.3, 0.4) is 0 Å². The Kier molecular flexibility index (Phi) is 3.74. The zero-order chi connectivity index (χ0) is 11.4. The van der Waals surface area contributed by atoms with Gasteiger partial charge in [0.25, 0.3) is 0 Å². The summed E-state index contributed by atoms with van der Waals surface area (Å²) in [6.07, 6.45) is 1.36. The smallest absolute Gasteiger partial charge is 0.239 e. The van der Waals surface area contributed by atoms with Crippen LogP contribution in [0.25, 0.3) is 0 Å². The predicted octanol–water partition coefficient (Wildman–Crippen LogP) is -1.63. The fourth-order valence-corrected chi connectivity index (χ4v) is 1.91. The molecule has 3 N–H and O–H groups in total. The van der Waals surface area contributed by atoms with Gasteiger partial charge in [-0.2, -0.15) is 0 Å². The molecule has 0 radical (unpaired) electrons. The van der Waals surface area contributed by atoms with Gasteiger partial charge < -0.3 is 20.7 Å². The average molecular weight is 227 g/mol. The second kappa shape index (κ2) is 5.27. The number of hydrogen-bond donors (Lipinski definition) is 3. The number of amides is 2. The van der Waals surface area contributed by atoms with Crippen molar-refractivity contribution in [3.05, 3.63) is 0 Å². The Hall–Kier alpha value is -1.14. The van der Waals surface area contributed by atoms with Gasteiger partial charge in [0.2, 0.25) is 11.8 Å². The maximum Gasteiger partial charge on any atom is 0.239 e. The molecule has 0 aromatic heterocycles. The topological polar surface area (TPSA) is 79.5 Å². The van der Waals surface area contributed by atoms with Gasteiger partial charge in [0.15, 0.2) is 0 Å². The van der Waals surface area contributed by atoms with E-state index >= 15 is 0 Å². The van der Waals surface area contributed by atoms with Crippen LogP contribution in [0.2, 0.25) is 0 Å². The Bertz CT molecular complexity index is 276. The summed E-state index contributed by atoms with van der Waals surface area (Å²) in [6.45, 7) is 2.28. The molecule has 2 heterocycles. The first-order valence-corrected chi connectivity index (χ1v) is 5.64. The molecule has 2 saturated heterocycles. The molecule has 2 atom stereocenters. The van der Waals surface area contributed by atoms with Crippen LogP contribution in [0.5, 0.6) is 0 Å². The number of rotatable bonds is 3. The molecule has 2 rings (SSSR count). The van der Waals surface area contributed by atoms with E-state index < -0.39 is 0 Å². The van der Waals surface area contributed by atoms with E-state index in [1.165, 1.54) is 0 Å². The summed E-state index contributed by atoms with van der Waals surface area (Å²) in [5.74, 6) is 0.0132. The lowest BCUT2D eigenvalue weighted by molar-refractivity contribution is -0.126. The summed E-state index contributed by atoms with van der Waals surface area (Å²) < 4.78 is 5.20. The second-order valence-corrected chi connectivity index (χ2v) is 4.13. The SMILES string of the molecule is O=C1CCC(CNC(=O)C2COCCN2)N1. The van der Waals surface area contributed by atoms with E-state index in [9.17, 15) is 9.59 Å². The minimum Gasteiger partial charge on any atom is -0.378 e. The van der Waals surface area contributed by atoms with Crippen LogP contribution in [0, 0.1) is 0 Å². The number of ether oxygens (including phenoxy) is 1. The summed E-state index contributed by atoms with van der Waals surface area (Å²) >= 11 is 0. The molecule has 2 amide bonds. The van der Waals surface area contributed by atoms with Crippen LogP contribution in [0.1, 0.15) is 12.8 Å². The van der Waals surface area contributed by atoms with Crippen molar-refractivity contribution in [1.82, 2.24) is 16.0 Å². The highest BCUT2D eigenvalue weighted by Gasteiger charge is 2.24. The number of carbonyl (C=O) groups is 2. The molecule has 0 bridgehead atoms. The molecule has 2 aliphatic rings. The van der Waals surface area contributed by atoms with Gasteiger partial charge in [-0.3, -0.25) is 9.59 Å². The molecule has 6 heteroatoms. The third kappa shape index (κ3) is 2.93. The van der Waals surface area contributed by atoms with Crippen LogP contribution >= 0.6 is 0 Å². The third-order valence-electron chi connectivity index (χ3n) is 2.85. The number of carbonyl (C=O) groups excluding carboxylic acids is 2. The van der Waals surface area contributed by atoms with Gasteiger partial charge in [0.1, 0.15) is 6.04 Å². The Morgan fingerprint density at radius 2 is 2.44 bits per heavy atom. The van der Waals surface area contributed by atoms with Gasteiger partial charge in [0.05, 0.1) is 13.2 Å². The molecule has 0 spiro atoms.